The Labute approximate surface area is 169 Å². The number of nitrogens with one attached hydrogen (secondary N) is 1. The van der Waals surface area contributed by atoms with Crippen LogP contribution in [-0.2, 0) is 0 Å². The van der Waals surface area contributed by atoms with E-state index in [1.807, 2.05) is 0 Å². The highest BCUT2D eigenvalue weighted by molar-refractivity contribution is 5.88. The third kappa shape index (κ3) is 3.65. The molecule has 0 saturated heterocycles. The van der Waals surface area contributed by atoms with Gasteiger partial charge in [-0.3, -0.25) is 20.0 Å². The van der Waals surface area contributed by atoms with Gasteiger partial charge in [-0.15, -0.1) is 0 Å². The van der Waals surface area contributed by atoms with Gasteiger partial charge in [0.1, 0.15) is 0 Å². The molecule has 0 amide bonds. The maximum Gasteiger partial charge on any atom is 0.335 e. The van der Waals surface area contributed by atoms with Gasteiger partial charge >= 0.3 is 5.97 Å². The number of nitro groups is 1. The number of hydrogen-bond acceptors (Lipinski definition) is 6. The molecular formula is C20H17N3O7. The first-order valence-corrected chi connectivity index (χ1v) is 8.52. The second kappa shape index (κ2) is 7.95. The van der Waals surface area contributed by atoms with Crippen molar-refractivity contribution in [3.63, 3.8) is 0 Å². The molecule has 154 valence electrons. The zero-order valence-electron chi connectivity index (χ0n) is 16.0. The first-order chi connectivity index (χ1) is 14.3. The van der Waals surface area contributed by atoms with Gasteiger partial charge in [0, 0.05) is 0 Å². The van der Waals surface area contributed by atoms with Crippen LogP contribution in [0.25, 0.3) is 18.3 Å². The zero-order chi connectivity index (χ0) is 22.0. The molecule has 0 unspecified atom stereocenters. The number of aromatic carboxylic acids is 1. The minimum atomic E-state index is -1.14. The van der Waals surface area contributed by atoms with Crippen molar-refractivity contribution in [3.8, 4) is 17.2 Å². The number of aromatic nitrogens is 2. The molecule has 0 bridgehead atoms. The van der Waals surface area contributed by atoms with Crippen LogP contribution in [0, 0.1) is 10.1 Å². The van der Waals surface area contributed by atoms with E-state index in [0.29, 0.717) is 0 Å². The fraction of sp³-hybridized carbons (Fsp3) is 0.100. The van der Waals surface area contributed by atoms with Crippen molar-refractivity contribution >= 4 is 24.3 Å². The molecule has 2 aromatic carbocycles. The molecule has 0 fully saturated rings. The topological polar surface area (TPSA) is 137 Å². The summed E-state index contributed by atoms with van der Waals surface area (Å²) in [5.41, 5.74) is -0.435. The van der Waals surface area contributed by atoms with Crippen LogP contribution in [0.1, 0.15) is 15.9 Å². The number of carboxylic acid groups (broad SMARTS) is 1. The van der Waals surface area contributed by atoms with Gasteiger partial charge < -0.3 is 14.6 Å². The van der Waals surface area contributed by atoms with Gasteiger partial charge in [0.05, 0.1) is 52.6 Å². The van der Waals surface area contributed by atoms with Crippen LogP contribution in [0.4, 0.5) is 5.69 Å². The van der Waals surface area contributed by atoms with Gasteiger partial charge in [0.15, 0.2) is 11.5 Å². The van der Waals surface area contributed by atoms with Gasteiger partial charge in [-0.2, -0.15) is 0 Å². The van der Waals surface area contributed by atoms with Gasteiger partial charge in [0.25, 0.3) is 11.2 Å². The summed E-state index contributed by atoms with van der Waals surface area (Å²) in [6.45, 7) is 3.78. The molecule has 0 saturated carbocycles. The van der Waals surface area contributed by atoms with E-state index in [9.17, 15) is 19.7 Å². The molecule has 0 aliphatic rings. The van der Waals surface area contributed by atoms with Crippen molar-refractivity contribution in [2.45, 2.75) is 0 Å². The number of aromatic amines is 1. The van der Waals surface area contributed by atoms with Crippen LogP contribution < -0.4 is 25.6 Å². The summed E-state index contributed by atoms with van der Waals surface area (Å²) in [5, 5.41) is 23.7. The van der Waals surface area contributed by atoms with Crippen molar-refractivity contribution in [3.05, 3.63) is 78.6 Å². The lowest BCUT2D eigenvalue weighted by Crippen LogP contribution is -2.34. The van der Waals surface area contributed by atoms with Crippen LogP contribution in [0.15, 0.2) is 41.2 Å². The molecule has 0 spiro atoms. The second-order valence-electron chi connectivity index (χ2n) is 6.17. The monoisotopic (exact) mass is 411 g/mol. The average molecular weight is 411 g/mol. The Hall–Kier alpha value is -4.34. The predicted octanol–water partition coefficient (Wildman–Crippen LogP) is 1.03. The maximum atomic E-state index is 12.9. The van der Waals surface area contributed by atoms with Crippen LogP contribution in [0.3, 0.4) is 0 Å². The first-order valence-electron chi connectivity index (χ1n) is 8.52. The molecule has 0 radical (unpaired) electrons. The van der Waals surface area contributed by atoms with E-state index in [-0.39, 0.29) is 44.6 Å². The van der Waals surface area contributed by atoms with E-state index in [2.05, 4.69) is 11.7 Å². The van der Waals surface area contributed by atoms with E-state index >= 15 is 0 Å². The first kappa shape index (κ1) is 20.4. The molecule has 1 heterocycles. The number of hydrogen-bond donors (Lipinski definition) is 2. The molecule has 10 nitrogen and oxygen atoms in total. The molecule has 2 N–H and O–H groups in total. The minimum Gasteiger partial charge on any atom is -0.493 e. The summed E-state index contributed by atoms with van der Waals surface area (Å²) >= 11 is 0. The minimum absolute atomic E-state index is 0.000621. The van der Waals surface area contributed by atoms with Gasteiger partial charge in [0.2, 0.25) is 0 Å². The number of H-pyrrole nitrogens is 1. The third-order valence-electron chi connectivity index (χ3n) is 4.39. The molecule has 0 aliphatic carbocycles. The van der Waals surface area contributed by atoms with Crippen molar-refractivity contribution in [1.29, 1.82) is 0 Å². The van der Waals surface area contributed by atoms with Gasteiger partial charge in [-0.05, 0) is 30.3 Å². The standard InChI is InChI=1S/C20H17N3O7/c1-11-15(8-13-9-17(29-2)18(30-3)10-16(13)23(27)28)19(24)22(21-11)14-6-4-5-12(7-14)20(25)26/h4-10,21H,1H2,2-3H3,(H,25,26)/b15-8-. The van der Waals surface area contributed by atoms with Gasteiger partial charge in [-0.25, -0.2) is 9.48 Å². The highest BCUT2D eigenvalue weighted by Crippen LogP contribution is 2.34. The smallest absolute Gasteiger partial charge is 0.335 e. The number of nitrogens with zero attached hydrogens (tertiary/aromatic N) is 2. The van der Waals surface area contributed by atoms with Crippen LogP contribution in [0.2, 0.25) is 0 Å². The Kier molecular flexibility index (Phi) is 5.41. The third-order valence-corrected chi connectivity index (χ3v) is 4.39. The summed E-state index contributed by atoms with van der Waals surface area (Å²) in [4.78, 5) is 35.0. The van der Waals surface area contributed by atoms with E-state index < -0.39 is 16.5 Å². The molecule has 3 aromatic rings. The number of benzene rings is 2. The summed E-state index contributed by atoms with van der Waals surface area (Å²) in [6.07, 6.45) is 1.32. The number of carbonyl (C=O) groups is 1. The lowest BCUT2D eigenvalue weighted by molar-refractivity contribution is -0.385. The van der Waals surface area contributed by atoms with E-state index in [0.717, 1.165) is 4.68 Å². The molecule has 0 aliphatic heterocycles. The van der Waals surface area contributed by atoms with Crippen LogP contribution in [-0.4, -0.2) is 40.0 Å². The summed E-state index contributed by atoms with van der Waals surface area (Å²) in [5.74, 6) is -0.711. The number of methoxy groups -OCH3 is 2. The van der Waals surface area contributed by atoms with Gasteiger partial charge in [-0.1, -0.05) is 12.6 Å². The predicted molar refractivity (Wildman–Crippen MR) is 108 cm³/mol. The van der Waals surface area contributed by atoms with Crippen molar-refractivity contribution < 1.29 is 24.3 Å². The van der Waals surface area contributed by atoms with Crippen LogP contribution >= 0.6 is 0 Å². The molecular weight excluding hydrogens is 394 g/mol. The molecule has 1 aromatic heterocycles. The SMILES string of the molecule is C=c1[nH]n(-c2cccc(C(=O)O)c2)c(=O)/c1=C\c1cc(OC)c(OC)cc1[N+](=O)[O-]. The Morgan fingerprint density at radius 3 is 2.50 bits per heavy atom. The fourth-order valence-corrected chi connectivity index (χ4v) is 2.92. The summed E-state index contributed by atoms with van der Waals surface area (Å²) < 4.78 is 11.4. The van der Waals surface area contributed by atoms with Crippen molar-refractivity contribution in [2.24, 2.45) is 0 Å². The number of nitro benzene ring substituents is 1. The Balaban J connectivity index is 2.25. The summed E-state index contributed by atoms with van der Waals surface area (Å²) in [7, 11) is 2.74. The Morgan fingerprint density at radius 1 is 1.23 bits per heavy atom. The van der Waals surface area contributed by atoms with E-state index in [1.54, 1.807) is 6.07 Å². The summed E-state index contributed by atoms with van der Waals surface area (Å²) in [6, 6.07) is 8.35. The number of carboxylic acids is 1. The quantitative estimate of drug-likeness (QED) is 0.456. The Bertz CT molecular complexity index is 1320. The molecule has 30 heavy (non-hydrogen) atoms. The normalized spacial score (nSPS) is 11.3. The average Bonchev–Trinajstić information content (AvgIpc) is 3.01. The number of ether oxygens (including phenoxy) is 2. The molecule has 0 atom stereocenters. The van der Waals surface area contributed by atoms with Crippen molar-refractivity contribution in [1.82, 2.24) is 9.78 Å². The zero-order valence-corrected chi connectivity index (χ0v) is 16.0. The second-order valence-corrected chi connectivity index (χ2v) is 6.17. The van der Waals surface area contributed by atoms with Crippen molar-refractivity contribution in [2.75, 3.05) is 14.2 Å². The van der Waals surface area contributed by atoms with E-state index in [4.69, 9.17) is 14.6 Å². The highest BCUT2D eigenvalue weighted by atomic mass is 16.6. The largest absolute Gasteiger partial charge is 0.493 e. The highest BCUT2D eigenvalue weighted by Gasteiger charge is 2.19. The molecule has 3 rings (SSSR count). The van der Waals surface area contributed by atoms with E-state index in [1.165, 1.54) is 50.6 Å². The maximum absolute atomic E-state index is 12.9. The molecule has 10 heteroatoms. The lowest BCUT2D eigenvalue weighted by Gasteiger charge is -2.08. The fourth-order valence-electron chi connectivity index (χ4n) is 2.92. The Morgan fingerprint density at radius 2 is 1.90 bits per heavy atom. The van der Waals surface area contributed by atoms with Crippen LogP contribution in [0.5, 0.6) is 11.5 Å². The number of rotatable bonds is 6. The lowest BCUT2D eigenvalue weighted by atomic mass is 10.1.